The maximum atomic E-state index is 13.4. The first kappa shape index (κ1) is 29.0. The Labute approximate surface area is 213 Å². The minimum atomic E-state index is -4.91. The average Bonchev–Trinajstić information content (AvgIpc) is 3.16. The number of carbonyl (C=O) groups excluding carboxylic acids is 2. The number of alkyl halides is 6. The number of benzene rings is 1. The molecule has 3 rings (SSSR count). The molecule has 2 saturated heterocycles. The van der Waals surface area contributed by atoms with E-state index in [9.17, 15) is 35.9 Å². The van der Waals surface area contributed by atoms with Crippen LogP contribution in [0.4, 0.5) is 31.1 Å². The summed E-state index contributed by atoms with van der Waals surface area (Å²) in [6, 6.07) is 1.70. The number of piperidine rings is 1. The zero-order valence-corrected chi connectivity index (χ0v) is 20.6. The number of halogens is 6. The van der Waals surface area contributed by atoms with Crippen molar-refractivity contribution >= 4 is 28.7 Å². The Morgan fingerprint density at radius 2 is 1.89 bits per heavy atom. The highest BCUT2D eigenvalue weighted by Crippen LogP contribution is 2.38. The molecule has 1 aromatic rings. The van der Waals surface area contributed by atoms with Crippen LogP contribution in [-0.4, -0.2) is 71.7 Å². The summed E-state index contributed by atoms with van der Waals surface area (Å²) in [7, 11) is 1.52. The van der Waals surface area contributed by atoms with Crippen LogP contribution in [0, 0.1) is 5.92 Å². The second-order valence-electron chi connectivity index (χ2n) is 8.73. The van der Waals surface area contributed by atoms with Crippen molar-refractivity contribution in [2.24, 2.45) is 10.9 Å². The highest BCUT2D eigenvalue weighted by molar-refractivity contribution is 8.18. The molecule has 0 aliphatic carbocycles. The maximum absolute atomic E-state index is 13.4. The molecule has 0 radical (unpaired) electrons. The van der Waals surface area contributed by atoms with E-state index in [0.717, 1.165) is 17.8 Å². The van der Waals surface area contributed by atoms with Gasteiger partial charge >= 0.3 is 12.4 Å². The van der Waals surface area contributed by atoms with Crippen LogP contribution < -0.4 is 5.32 Å². The zero-order valence-electron chi connectivity index (χ0n) is 19.8. The Morgan fingerprint density at radius 3 is 2.49 bits per heavy atom. The summed E-state index contributed by atoms with van der Waals surface area (Å²) in [4.78, 5) is 31.7. The van der Waals surface area contributed by atoms with E-state index >= 15 is 0 Å². The predicted molar refractivity (Wildman–Crippen MR) is 126 cm³/mol. The largest absolute Gasteiger partial charge is 0.416 e. The molecule has 37 heavy (non-hydrogen) atoms. The molecule has 2 aliphatic rings. The number of amides is 2. The van der Waals surface area contributed by atoms with Crippen molar-refractivity contribution in [1.29, 1.82) is 0 Å². The van der Waals surface area contributed by atoms with E-state index < -0.39 is 23.5 Å². The number of aliphatic imine (C=N–C) groups is 1. The van der Waals surface area contributed by atoms with Gasteiger partial charge in [-0.15, -0.1) is 0 Å². The minimum absolute atomic E-state index is 0.000828. The molecule has 1 aromatic carbocycles. The van der Waals surface area contributed by atoms with Crippen LogP contribution >= 0.6 is 11.8 Å². The zero-order chi connectivity index (χ0) is 27.4. The van der Waals surface area contributed by atoms with E-state index in [4.69, 9.17) is 5.11 Å². The Bertz CT molecular complexity index is 1070. The minimum Gasteiger partial charge on any atom is -0.395 e. The SMILES string of the molecule is CN(CCO)C(=O)CN=C1NC(=O)S/C1=C\C1CCN(Cc2ccc(C(F)(F)F)cc2C(F)(F)F)CC1. The highest BCUT2D eigenvalue weighted by atomic mass is 32.2. The van der Waals surface area contributed by atoms with E-state index in [0.29, 0.717) is 36.9 Å². The van der Waals surface area contributed by atoms with Crippen molar-refractivity contribution in [2.45, 2.75) is 31.7 Å². The molecule has 2 heterocycles. The molecule has 2 aliphatic heterocycles. The van der Waals surface area contributed by atoms with Crippen LogP contribution in [0.2, 0.25) is 0 Å². The molecule has 204 valence electrons. The molecule has 2 N–H and O–H groups in total. The van der Waals surface area contributed by atoms with Gasteiger partial charge in [0, 0.05) is 20.1 Å². The van der Waals surface area contributed by atoms with Crippen molar-refractivity contribution in [2.75, 3.05) is 39.8 Å². The van der Waals surface area contributed by atoms with Gasteiger partial charge in [0.2, 0.25) is 5.91 Å². The Balaban J connectivity index is 1.64. The third kappa shape index (κ3) is 7.95. The van der Waals surface area contributed by atoms with Crippen molar-refractivity contribution in [3.05, 3.63) is 45.9 Å². The number of thioether (sulfide) groups is 1. The van der Waals surface area contributed by atoms with Crippen molar-refractivity contribution in [1.82, 2.24) is 15.1 Å². The fourth-order valence-electron chi connectivity index (χ4n) is 3.99. The summed E-state index contributed by atoms with van der Waals surface area (Å²) in [6.45, 7) is 0.443. The first-order valence-electron chi connectivity index (χ1n) is 11.4. The number of likely N-dealkylation sites (tertiary alicyclic amines) is 1. The standard InChI is InChI=1S/C23H26F6N4O3S/c1-32(8-9-34)19(35)12-30-20-18(37-21(36)31-20)10-14-4-6-33(7-5-14)13-15-2-3-16(22(24,25)26)11-17(15)23(27,28)29/h2-3,10-11,14,34H,4-9,12-13H2,1H3,(H,30,31,36)/b18-10-. The molecule has 0 spiro atoms. The number of aliphatic hydroxyl groups excluding tert-OH is 1. The molecular formula is C23H26F6N4O3S. The quantitative estimate of drug-likeness (QED) is 0.497. The Morgan fingerprint density at radius 1 is 1.22 bits per heavy atom. The summed E-state index contributed by atoms with van der Waals surface area (Å²) in [5.41, 5.74) is -2.85. The Hall–Kier alpha value is -2.58. The lowest BCUT2D eigenvalue weighted by atomic mass is 9.95. The average molecular weight is 553 g/mol. The summed E-state index contributed by atoms with van der Waals surface area (Å²) in [5.74, 6) is -0.0660. The molecule has 14 heteroatoms. The normalized spacial score (nSPS) is 20.1. The van der Waals surface area contributed by atoms with Crippen LogP contribution in [-0.2, 0) is 23.7 Å². The molecule has 2 fully saturated rings. The number of aliphatic hydroxyl groups is 1. The van der Waals surface area contributed by atoms with Crippen LogP contribution in [0.3, 0.4) is 0 Å². The molecule has 2 amide bonds. The van der Waals surface area contributed by atoms with Gasteiger partial charge in [-0.25, -0.2) is 0 Å². The molecule has 0 aromatic heterocycles. The maximum Gasteiger partial charge on any atom is 0.416 e. The van der Waals surface area contributed by atoms with E-state index in [1.165, 1.54) is 11.9 Å². The smallest absolute Gasteiger partial charge is 0.395 e. The fraction of sp³-hybridized carbons (Fsp3) is 0.522. The third-order valence-corrected chi connectivity index (χ3v) is 6.88. The molecule has 0 saturated carbocycles. The van der Waals surface area contributed by atoms with Gasteiger partial charge in [-0.3, -0.25) is 19.5 Å². The van der Waals surface area contributed by atoms with E-state index in [2.05, 4.69) is 10.3 Å². The number of hydrogen-bond donors (Lipinski definition) is 2. The number of nitrogens with one attached hydrogen (secondary N) is 1. The molecular weight excluding hydrogens is 526 g/mol. The monoisotopic (exact) mass is 552 g/mol. The molecule has 7 nitrogen and oxygen atoms in total. The second kappa shape index (κ2) is 11.9. The van der Waals surface area contributed by atoms with Gasteiger partial charge in [0.15, 0.2) is 0 Å². The Kier molecular flexibility index (Phi) is 9.29. The number of nitrogens with zero attached hydrogens (tertiary/aromatic N) is 3. The van der Waals surface area contributed by atoms with Crippen LogP contribution in [0.5, 0.6) is 0 Å². The van der Waals surface area contributed by atoms with Gasteiger partial charge < -0.3 is 15.3 Å². The molecule has 0 unspecified atom stereocenters. The fourth-order valence-corrected chi connectivity index (χ4v) is 4.81. The van der Waals surface area contributed by atoms with Crippen LogP contribution in [0.25, 0.3) is 0 Å². The van der Waals surface area contributed by atoms with Gasteiger partial charge in [-0.1, -0.05) is 12.1 Å². The molecule has 0 bridgehead atoms. The lowest BCUT2D eigenvalue weighted by Crippen LogP contribution is -2.33. The number of allylic oxidation sites excluding steroid dienone is 1. The van der Waals surface area contributed by atoms with Gasteiger partial charge in [0.05, 0.1) is 22.6 Å². The third-order valence-electron chi connectivity index (χ3n) is 6.05. The van der Waals surface area contributed by atoms with Crippen molar-refractivity contribution in [3.63, 3.8) is 0 Å². The lowest BCUT2D eigenvalue weighted by molar-refractivity contribution is -0.143. The lowest BCUT2D eigenvalue weighted by Gasteiger charge is -2.31. The summed E-state index contributed by atoms with van der Waals surface area (Å²) < 4.78 is 79.1. The van der Waals surface area contributed by atoms with Gasteiger partial charge in [-0.05, 0) is 61.3 Å². The van der Waals surface area contributed by atoms with Crippen molar-refractivity contribution in [3.8, 4) is 0 Å². The second-order valence-corrected chi connectivity index (χ2v) is 9.74. The summed E-state index contributed by atoms with van der Waals surface area (Å²) >= 11 is 0.934. The van der Waals surface area contributed by atoms with Gasteiger partial charge in [0.1, 0.15) is 12.4 Å². The first-order valence-corrected chi connectivity index (χ1v) is 12.2. The first-order chi connectivity index (χ1) is 17.3. The van der Waals surface area contributed by atoms with E-state index in [-0.39, 0.29) is 60.8 Å². The summed E-state index contributed by atoms with van der Waals surface area (Å²) in [6.07, 6.45) is -6.82. The number of likely N-dealkylation sites (N-methyl/N-ethyl adjacent to an activating group) is 1. The van der Waals surface area contributed by atoms with E-state index in [1.807, 2.05) is 6.08 Å². The van der Waals surface area contributed by atoms with Gasteiger partial charge in [-0.2, -0.15) is 26.3 Å². The highest BCUT2D eigenvalue weighted by Gasteiger charge is 2.38. The van der Waals surface area contributed by atoms with Gasteiger partial charge in [0.25, 0.3) is 5.24 Å². The number of carbonyl (C=O) groups is 2. The predicted octanol–water partition coefficient (Wildman–Crippen LogP) is 4.13. The molecule has 0 atom stereocenters. The van der Waals surface area contributed by atoms with Crippen LogP contribution in [0.1, 0.15) is 29.5 Å². The van der Waals surface area contributed by atoms with E-state index in [1.54, 1.807) is 4.90 Å². The summed E-state index contributed by atoms with van der Waals surface area (Å²) in [5, 5.41) is 11.2. The topological polar surface area (TPSA) is 85.2 Å². The van der Waals surface area contributed by atoms with Crippen molar-refractivity contribution < 1.29 is 41.0 Å². The van der Waals surface area contributed by atoms with Crippen LogP contribution in [0.15, 0.2) is 34.2 Å². The number of hydrogen-bond acceptors (Lipinski definition) is 6. The number of rotatable bonds is 7. The number of amidine groups is 1.